The van der Waals surface area contributed by atoms with Crippen LogP contribution in [0.2, 0.25) is 0 Å². The van der Waals surface area contributed by atoms with Gasteiger partial charge in [0.25, 0.3) is 0 Å². The summed E-state index contributed by atoms with van der Waals surface area (Å²) in [5, 5.41) is 30.5. The van der Waals surface area contributed by atoms with Crippen LogP contribution in [0.15, 0.2) is 31.1 Å². The second-order valence-electron chi connectivity index (χ2n) is 5.93. The summed E-state index contributed by atoms with van der Waals surface area (Å²) in [5.74, 6) is 0. The zero-order valence-electron chi connectivity index (χ0n) is 13.4. The summed E-state index contributed by atoms with van der Waals surface area (Å²) < 4.78 is 7.27. The Morgan fingerprint density at radius 3 is 2.68 bits per heavy atom. The van der Waals surface area contributed by atoms with E-state index in [4.69, 9.17) is 4.74 Å². The van der Waals surface area contributed by atoms with Crippen LogP contribution >= 0.6 is 0 Å². The van der Waals surface area contributed by atoms with Crippen LogP contribution in [0.3, 0.4) is 0 Å². The van der Waals surface area contributed by atoms with Crippen LogP contribution in [0.25, 0.3) is 22.3 Å². The van der Waals surface area contributed by atoms with Gasteiger partial charge in [0.15, 0.2) is 6.23 Å². The van der Waals surface area contributed by atoms with Crippen molar-refractivity contribution in [2.24, 2.45) is 0 Å². The number of aryl methyl sites for hydroxylation is 1. The summed E-state index contributed by atoms with van der Waals surface area (Å²) in [6.07, 6.45) is 3.85. The average Bonchev–Trinajstić information content (AvgIpc) is 3.15. The largest absolute Gasteiger partial charge is 0.394 e. The maximum absolute atomic E-state index is 10.3. The van der Waals surface area contributed by atoms with E-state index in [1.165, 1.54) is 6.33 Å². The van der Waals surface area contributed by atoms with Gasteiger partial charge in [-0.15, -0.1) is 0 Å². The van der Waals surface area contributed by atoms with Crippen molar-refractivity contribution in [1.29, 1.82) is 0 Å². The third kappa shape index (κ3) is 2.48. The highest BCUT2D eigenvalue weighted by molar-refractivity contribution is 5.94. The number of aliphatic hydroxyl groups excluding tert-OH is 3. The molecule has 0 aromatic carbocycles. The van der Waals surface area contributed by atoms with Crippen LogP contribution in [0.4, 0.5) is 0 Å². The minimum absolute atomic E-state index is 0.390. The van der Waals surface area contributed by atoms with Crippen molar-refractivity contribution in [3.05, 3.63) is 36.8 Å². The summed E-state index contributed by atoms with van der Waals surface area (Å²) >= 11 is 0. The predicted octanol–water partition coefficient (Wildman–Crippen LogP) is -0.192. The van der Waals surface area contributed by atoms with Crippen LogP contribution in [0.5, 0.6) is 0 Å². The van der Waals surface area contributed by atoms with Crippen LogP contribution < -0.4 is 0 Å². The Morgan fingerprint density at radius 2 is 2.00 bits per heavy atom. The van der Waals surface area contributed by atoms with Gasteiger partial charge in [0.2, 0.25) is 0 Å². The molecular weight excluding hydrogens is 326 g/mol. The molecule has 4 heterocycles. The topological polar surface area (TPSA) is 126 Å². The van der Waals surface area contributed by atoms with Gasteiger partial charge in [-0.1, -0.05) is 0 Å². The minimum Gasteiger partial charge on any atom is -0.394 e. The summed E-state index contributed by atoms with van der Waals surface area (Å²) in [7, 11) is 0. The third-order valence-corrected chi connectivity index (χ3v) is 4.43. The van der Waals surface area contributed by atoms with E-state index in [1.807, 2.05) is 6.92 Å². The highest BCUT2D eigenvalue weighted by atomic mass is 16.6. The number of ether oxygens (including phenoxy) is 1. The highest BCUT2D eigenvalue weighted by Crippen LogP contribution is 2.36. The Hall–Kier alpha value is -2.46. The van der Waals surface area contributed by atoms with Crippen LogP contribution in [0.1, 0.15) is 11.9 Å². The summed E-state index contributed by atoms with van der Waals surface area (Å²) in [6, 6.07) is 0. The number of rotatable bonds is 3. The monoisotopic (exact) mass is 343 g/mol. The molecular formula is C16H17N5O4. The summed E-state index contributed by atoms with van der Waals surface area (Å²) in [4.78, 5) is 17.0. The summed E-state index contributed by atoms with van der Waals surface area (Å²) in [5.41, 5.74) is 2.67. The fraction of sp³-hybridized carbons (Fsp3) is 0.375. The van der Waals surface area contributed by atoms with E-state index in [2.05, 4.69) is 19.9 Å². The van der Waals surface area contributed by atoms with E-state index in [0.29, 0.717) is 11.3 Å². The zero-order chi connectivity index (χ0) is 17.6. The molecule has 9 heteroatoms. The molecule has 130 valence electrons. The van der Waals surface area contributed by atoms with Gasteiger partial charge in [0.1, 0.15) is 30.3 Å². The molecule has 3 aromatic rings. The van der Waals surface area contributed by atoms with E-state index in [9.17, 15) is 15.3 Å². The Balaban J connectivity index is 1.90. The first-order valence-electron chi connectivity index (χ1n) is 7.82. The fourth-order valence-electron chi connectivity index (χ4n) is 3.17. The molecule has 1 aliphatic rings. The van der Waals surface area contributed by atoms with Crippen molar-refractivity contribution in [2.45, 2.75) is 31.5 Å². The lowest BCUT2D eigenvalue weighted by molar-refractivity contribution is -0.0508. The molecule has 3 aromatic heterocycles. The van der Waals surface area contributed by atoms with Crippen LogP contribution in [-0.4, -0.2) is 64.7 Å². The maximum Gasteiger partial charge on any atom is 0.164 e. The smallest absolute Gasteiger partial charge is 0.164 e. The SMILES string of the molecule is Cc1ncnc2c1c(-c1cnccn1)cn2[C@@H]1O[C@H](CO)[C@@H](O)[C@H]1O. The third-order valence-electron chi connectivity index (χ3n) is 4.43. The molecule has 0 radical (unpaired) electrons. The van der Waals surface area contributed by atoms with E-state index in [-0.39, 0.29) is 6.61 Å². The minimum atomic E-state index is -1.20. The number of nitrogens with zero attached hydrogens (tertiary/aromatic N) is 5. The molecule has 1 aliphatic heterocycles. The Labute approximate surface area is 142 Å². The van der Waals surface area contributed by atoms with Gasteiger partial charge in [-0.2, -0.15) is 0 Å². The molecule has 1 saturated heterocycles. The van der Waals surface area contributed by atoms with Gasteiger partial charge < -0.3 is 24.6 Å². The van der Waals surface area contributed by atoms with Crippen molar-refractivity contribution in [3.63, 3.8) is 0 Å². The number of aliphatic hydroxyl groups is 3. The quantitative estimate of drug-likeness (QED) is 0.597. The Bertz CT molecular complexity index is 900. The first-order valence-corrected chi connectivity index (χ1v) is 7.82. The Kier molecular flexibility index (Phi) is 3.92. The van der Waals surface area contributed by atoms with E-state index < -0.39 is 24.5 Å². The first-order chi connectivity index (χ1) is 12.1. The lowest BCUT2D eigenvalue weighted by Crippen LogP contribution is -2.33. The second-order valence-corrected chi connectivity index (χ2v) is 5.93. The van der Waals surface area contributed by atoms with Crippen molar-refractivity contribution in [2.75, 3.05) is 6.61 Å². The molecule has 3 N–H and O–H groups in total. The second kappa shape index (κ2) is 6.12. The molecule has 0 spiro atoms. The van der Waals surface area contributed by atoms with Gasteiger partial charge in [-0.3, -0.25) is 9.97 Å². The van der Waals surface area contributed by atoms with Gasteiger partial charge >= 0.3 is 0 Å². The van der Waals surface area contributed by atoms with E-state index in [1.54, 1.807) is 29.4 Å². The van der Waals surface area contributed by atoms with Crippen molar-refractivity contribution in [3.8, 4) is 11.3 Å². The first kappa shape index (κ1) is 16.0. The Morgan fingerprint density at radius 1 is 1.16 bits per heavy atom. The molecule has 0 aliphatic carbocycles. The van der Waals surface area contributed by atoms with Gasteiger partial charge in [0, 0.05) is 29.5 Å². The molecule has 1 fully saturated rings. The molecule has 0 bridgehead atoms. The van der Waals surface area contributed by atoms with Crippen molar-refractivity contribution >= 4 is 11.0 Å². The predicted molar refractivity (Wildman–Crippen MR) is 86.3 cm³/mol. The van der Waals surface area contributed by atoms with Crippen molar-refractivity contribution < 1.29 is 20.1 Å². The van der Waals surface area contributed by atoms with Crippen LogP contribution in [0, 0.1) is 6.92 Å². The van der Waals surface area contributed by atoms with Crippen molar-refractivity contribution in [1.82, 2.24) is 24.5 Å². The lowest BCUT2D eigenvalue weighted by Gasteiger charge is -2.17. The molecule has 0 amide bonds. The standard InChI is InChI=1S/C16H17N5O4/c1-8-12-9(10-4-17-2-3-18-10)5-21(15(12)20-7-19-8)16-14(24)13(23)11(6-22)25-16/h2-5,7,11,13-14,16,22-24H,6H2,1H3/t11-,13-,14-,16-/m1/s1. The molecule has 0 unspecified atom stereocenters. The molecule has 4 atom stereocenters. The number of hydrogen-bond donors (Lipinski definition) is 3. The molecule has 4 rings (SSSR count). The van der Waals surface area contributed by atoms with Gasteiger partial charge in [-0.25, -0.2) is 9.97 Å². The normalized spacial score (nSPS) is 26.4. The average molecular weight is 343 g/mol. The maximum atomic E-state index is 10.3. The fourth-order valence-corrected chi connectivity index (χ4v) is 3.17. The number of fused-ring (bicyclic) bond motifs is 1. The van der Waals surface area contributed by atoms with Gasteiger partial charge in [0.05, 0.1) is 24.2 Å². The molecule has 25 heavy (non-hydrogen) atoms. The number of hydrogen-bond acceptors (Lipinski definition) is 8. The number of aromatic nitrogens is 5. The molecule has 9 nitrogen and oxygen atoms in total. The van der Waals surface area contributed by atoms with E-state index in [0.717, 1.165) is 16.6 Å². The zero-order valence-corrected chi connectivity index (χ0v) is 13.4. The summed E-state index contributed by atoms with van der Waals surface area (Å²) in [6.45, 7) is 1.46. The van der Waals surface area contributed by atoms with E-state index >= 15 is 0 Å². The van der Waals surface area contributed by atoms with Crippen LogP contribution in [-0.2, 0) is 4.74 Å². The highest BCUT2D eigenvalue weighted by Gasteiger charge is 2.44. The molecule has 0 saturated carbocycles. The van der Waals surface area contributed by atoms with Gasteiger partial charge in [-0.05, 0) is 6.92 Å². The lowest BCUT2D eigenvalue weighted by atomic mass is 10.1.